The van der Waals surface area contributed by atoms with Gasteiger partial charge in [-0.15, -0.1) is 0 Å². The van der Waals surface area contributed by atoms with E-state index in [0.29, 0.717) is 28.8 Å². The Labute approximate surface area is 131 Å². The Bertz CT molecular complexity index is 770. The van der Waals surface area contributed by atoms with Gasteiger partial charge < -0.3 is 16.0 Å². The van der Waals surface area contributed by atoms with Gasteiger partial charge >= 0.3 is 0 Å². The minimum absolute atomic E-state index is 0.571. The molecule has 0 saturated carbocycles. The zero-order valence-corrected chi connectivity index (χ0v) is 12.5. The Morgan fingerprint density at radius 2 is 2.10 bits per heavy atom. The highest BCUT2D eigenvalue weighted by atomic mass is 35.5. The van der Waals surface area contributed by atoms with Crippen LogP contribution in [0.1, 0.15) is 11.3 Å². The third-order valence-corrected chi connectivity index (χ3v) is 3.85. The molecular formula is C14H13Cl2N5. The molecule has 108 valence electrons. The summed E-state index contributed by atoms with van der Waals surface area (Å²) in [6.07, 6.45) is 4.92. The van der Waals surface area contributed by atoms with Gasteiger partial charge in [0.1, 0.15) is 6.33 Å². The quantitative estimate of drug-likeness (QED) is 0.645. The molecule has 0 aliphatic heterocycles. The lowest BCUT2D eigenvalue weighted by Crippen LogP contribution is -2.15. The number of anilines is 1. The number of halogens is 2. The Morgan fingerprint density at radius 1 is 1.24 bits per heavy atom. The Hall–Kier alpha value is -1.82. The van der Waals surface area contributed by atoms with Crippen molar-refractivity contribution in [2.45, 2.75) is 13.1 Å². The molecule has 2 heterocycles. The maximum Gasteiger partial charge on any atom is 0.115 e. The van der Waals surface area contributed by atoms with E-state index in [4.69, 9.17) is 28.9 Å². The first-order chi connectivity index (χ1) is 10.2. The average molecular weight is 322 g/mol. The van der Waals surface area contributed by atoms with Crippen molar-refractivity contribution in [3.63, 3.8) is 0 Å². The number of nitrogen functional groups attached to an aromatic ring is 1. The van der Waals surface area contributed by atoms with Crippen molar-refractivity contribution in [1.82, 2.24) is 20.3 Å². The molecule has 7 heteroatoms. The van der Waals surface area contributed by atoms with Gasteiger partial charge in [-0.05, 0) is 17.7 Å². The molecule has 21 heavy (non-hydrogen) atoms. The van der Waals surface area contributed by atoms with Crippen molar-refractivity contribution >= 4 is 39.8 Å². The van der Waals surface area contributed by atoms with E-state index >= 15 is 0 Å². The van der Waals surface area contributed by atoms with Crippen LogP contribution in [0, 0.1) is 0 Å². The van der Waals surface area contributed by atoms with Gasteiger partial charge in [0.2, 0.25) is 0 Å². The smallest absolute Gasteiger partial charge is 0.115 e. The predicted octanol–water partition coefficient (Wildman–Crippen LogP) is 3.14. The maximum absolute atomic E-state index is 6.27. The van der Waals surface area contributed by atoms with E-state index < -0.39 is 0 Å². The SMILES string of the molecule is Nc1c(CNCc2ccncn2)cc(Cl)c2c(Cl)c[nH]c12. The zero-order valence-electron chi connectivity index (χ0n) is 11.0. The van der Waals surface area contributed by atoms with Crippen LogP contribution in [0.3, 0.4) is 0 Å². The predicted molar refractivity (Wildman–Crippen MR) is 85.3 cm³/mol. The molecule has 0 radical (unpaired) electrons. The van der Waals surface area contributed by atoms with Crippen LogP contribution >= 0.6 is 23.2 Å². The molecule has 0 spiro atoms. The zero-order chi connectivity index (χ0) is 14.8. The monoisotopic (exact) mass is 321 g/mol. The van der Waals surface area contributed by atoms with Crippen LogP contribution in [-0.2, 0) is 13.1 Å². The third kappa shape index (κ3) is 2.81. The lowest BCUT2D eigenvalue weighted by Gasteiger charge is -2.10. The molecule has 0 aliphatic carbocycles. The number of hydrogen-bond acceptors (Lipinski definition) is 4. The normalized spacial score (nSPS) is 11.1. The summed E-state index contributed by atoms with van der Waals surface area (Å²) >= 11 is 12.4. The molecule has 0 bridgehead atoms. The van der Waals surface area contributed by atoms with Gasteiger partial charge in [0, 0.05) is 30.9 Å². The molecule has 0 unspecified atom stereocenters. The van der Waals surface area contributed by atoms with Crippen molar-refractivity contribution in [1.29, 1.82) is 0 Å². The number of benzene rings is 1. The molecule has 5 nitrogen and oxygen atoms in total. The fraction of sp³-hybridized carbons (Fsp3) is 0.143. The lowest BCUT2D eigenvalue weighted by atomic mass is 10.1. The summed E-state index contributed by atoms with van der Waals surface area (Å²) in [5.74, 6) is 0. The van der Waals surface area contributed by atoms with Crippen LogP contribution in [0.15, 0.2) is 30.9 Å². The number of nitrogens with zero attached hydrogens (tertiary/aromatic N) is 2. The Morgan fingerprint density at radius 3 is 2.86 bits per heavy atom. The van der Waals surface area contributed by atoms with Crippen molar-refractivity contribution in [2.24, 2.45) is 0 Å². The van der Waals surface area contributed by atoms with Crippen molar-refractivity contribution in [3.8, 4) is 0 Å². The number of aromatic amines is 1. The number of H-pyrrole nitrogens is 1. The summed E-state index contributed by atoms with van der Waals surface area (Å²) in [6, 6.07) is 3.70. The van der Waals surface area contributed by atoms with E-state index in [-0.39, 0.29) is 0 Å². The number of fused-ring (bicyclic) bond motifs is 1. The maximum atomic E-state index is 6.27. The highest BCUT2D eigenvalue weighted by Gasteiger charge is 2.13. The molecule has 0 atom stereocenters. The molecule has 0 fully saturated rings. The highest BCUT2D eigenvalue weighted by Crippen LogP contribution is 2.35. The molecule has 0 aliphatic rings. The van der Waals surface area contributed by atoms with E-state index in [1.165, 1.54) is 6.33 Å². The van der Waals surface area contributed by atoms with Gasteiger partial charge in [0.05, 0.1) is 26.9 Å². The molecule has 2 aromatic heterocycles. The van der Waals surface area contributed by atoms with Crippen molar-refractivity contribution in [2.75, 3.05) is 5.73 Å². The first-order valence-corrected chi connectivity index (χ1v) is 7.11. The second-order valence-corrected chi connectivity index (χ2v) is 5.44. The molecule has 0 amide bonds. The number of hydrogen-bond donors (Lipinski definition) is 3. The van der Waals surface area contributed by atoms with Crippen molar-refractivity contribution < 1.29 is 0 Å². The number of nitrogens with one attached hydrogen (secondary N) is 2. The van der Waals surface area contributed by atoms with Crippen LogP contribution in [-0.4, -0.2) is 15.0 Å². The largest absolute Gasteiger partial charge is 0.397 e. The minimum atomic E-state index is 0.571. The number of rotatable bonds is 4. The molecule has 0 saturated heterocycles. The number of aromatic nitrogens is 3. The van der Waals surface area contributed by atoms with Crippen LogP contribution in [0.5, 0.6) is 0 Å². The van der Waals surface area contributed by atoms with Crippen LogP contribution < -0.4 is 11.1 Å². The molecule has 3 aromatic rings. The van der Waals surface area contributed by atoms with Crippen LogP contribution in [0.4, 0.5) is 5.69 Å². The molecule has 3 rings (SSSR count). The second kappa shape index (κ2) is 5.89. The Kier molecular flexibility index (Phi) is 3.96. The summed E-state index contributed by atoms with van der Waals surface area (Å²) in [5, 5.41) is 5.20. The van der Waals surface area contributed by atoms with Gasteiger partial charge in [0.15, 0.2) is 0 Å². The van der Waals surface area contributed by atoms with Crippen LogP contribution in [0.2, 0.25) is 10.0 Å². The lowest BCUT2D eigenvalue weighted by molar-refractivity contribution is 0.679. The summed E-state index contributed by atoms with van der Waals surface area (Å²) in [5.41, 5.74) is 9.42. The van der Waals surface area contributed by atoms with Gasteiger partial charge in [-0.2, -0.15) is 0 Å². The van der Waals surface area contributed by atoms with Gasteiger partial charge in [-0.3, -0.25) is 0 Å². The molecule has 4 N–H and O–H groups in total. The molecular weight excluding hydrogens is 309 g/mol. The third-order valence-electron chi connectivity index (χ3n) is 3.25. The molecule has 1 aromatic carbocycles. The summed E-state index contributed by atoms with van der Waals surface area (Å²) in [4.78, 5) is 11.1. The fourth-order valence-corrected chi connectivity index (χ4v) is 2.83. The summed E-state index contributed by atoms with van der Waals surface area (Å²) < 4.78 is 0. The van der Waals surface area contributed by atoms with E-state index in [1.807, 2.05) is 12.1 Å². The van der Waals surface area contributed by atoms with Crippen molar-refractivity contribution in [3.05, 3.63) is 52.2 Å². The van der Waals surface area contributed by atoms with E-state index in [2.05, 4.69) is 20.3 Å². The Balaban J connectivity index is 1.80. The van der Waals surface area contributed by atoms with Gasteiger partial charge in [-0.25, -0.2) is 9.97 Å². The average Bonchev–Trinajstić information content (AvgIpc) is 2.88. The van der Waals surface area contributed by atoms with Gasteiger partial charge in [-0.1, -0.05) is 23.2 Å². The standard InChI is InChI=1S/C14H13Cl2N5/c15-10-3-8(4-19-5-9-1-2-18-7-21-9)13(17)14-12(10)11(16)6-20-14/h1-3,6-7,19-20H,4-5,17H2. The summed E-state index contributed by atoms with van der Waals surface area (Å²) in [7, 11) is 0. The first-order valence-electron chi connectivity index (χ1n) is 6.36. The van der Waals surface area contributed by atoms with Gasteiger partial charge in [0.25, 0.3) is 0 Å². The fourth-order valence-electron chi connectivity index (χ4n) is 2.20. The van der Waals surface area contributed by atoms with E-state index in [9.17, 15) is 0 Å². The second-order valence-electron chi connectivity index (χ2n) is 4.62. The first kappa shape index (κ1) is 14.1. The highest BCUT2D eigenvalue weighted by molar-refractivity contribution is 6.42. The van der Waals surface area contributed by atoms with E-state index in [0.717, 1.165) is 22.2 Å². The van der Waals surface area contributed by atoms with Crippen LogP contribution in [0.25, 0.3) is 10.9 Å². The van der Waals surface area contributed by atoms with E-state index in [1.54, 1.807) is 12.4 Å². The number of nitrogens with two attached hydrogens (primary N) is 1. The summed E-state index contributed by atoms with van der Waals surface area (Å²) in [6.45, 7) is 1.21. The topological polar surface area (TPSA) is 79.6 Å². The minimum Gasteiger partial charge on any atom is -0.397 e.